The maximum atomic E-state index is 4.59. The predicted octanol–water partition coefficient (Wildman–Crippen LogP) is -1.37. The number of aromatic nitrogens is 2. The largest absolute Gasteiger partial charge is 0.269 e. The van der Waals surface area contributed by atoms with E-state index in [9.17, 15) is 0 Å². The Balaban J connectivity index is 2.55. The SMILES string of the molecule is BBc1cc(-c2cc(B)cc(C)n2)cc(C)n1. The molecule has 2 aromatic heterocycles. The molecule has 2 aromatic rings. The molecule has 0 N–H and O–H groups in total. The number of rotatable bonds is 2. The second kappa shape index (κ2) is 4.78. The van der Waals surface area contributed by atoms with Crippen molar-refractivity contribution in [2.45, 2.75) is 13.8 Å². The van der Waals surface area contributed by atoms with E-state index in [2.05, 4.69) is 49.8 Å². The number of pyridine rings is 2. The molecule has 5 heteroatoms. The first-order chi connectivity index (χ1) is 8.08. The van der Waals surface area contributed by atoms with Crippen molar-refractivity contribution in [3.8, 4) is 11.3 Å². The fraction of sp³-hybridized carbons (Fsp3) is 0.167. The number of nitrogens with zero attached hydrogens (tertiary/aromatic N) is 2. The Bertz CT molecular complexity index is 535. The molecule has 0 aliphatic heterocycles. The lowest BCUT2D eigenvalue weighted by atomic mass is 9.53. The van der Waals surface area contributed by atoms with Crippen LogP contribution in [0, 0.1) is 13.8 Å². The van der Waals surface area contributed by atoms with Gasteiger partial charge in [-0.2, -0.15) is 0 Å². The number of hydrogen-bond donors (Lipinski definition) is 0. The van der Waals surface area contributed by atoms with Gasteiger partial charge in [0.05, 0.1) is 13.4 Å². The molecule has 17 heavy (non-hydrogen) atoms. The number of hydrogen-bond acceptors (Lipinski definition) is 2. The minimum Gasteiger partial charge on any atom is -0.269 e. The molecule has 2 nitrogen and oxygen atoms in total. The van der Waals surface area contributed by atoms with E-state index in [0.29, 0.717) is 0 Å². The minimum atomic E-state index is 0.958. The summed E-state index contributed by atoms with van der Waals surface area (Å²) in [4.78, 5) is 9.09. The first kappa shape index (κ1) is 12.0. The summed E-state index contributed by atoms with van der Waals surface area (Å²) in [5.74, 6) is 0. The quantitative estimate of drug-likeness (QED) is 0.583. The van der Waals surface area contributed by atoms with Crippen LogP contribution in [-0.2, 0) is 0 Å². The Morgan fingerprint density at radius 3 is 2.35 bits per heavy atom. The lowest BCUT2D eigenvalue weighted by Crippen LogP contribution is -2.19. The molecule has 0 saturated carbocycles. The third-order valence-electron chi connectivity index (χ3n) is 2.76. The van der Waals surface area contributed by atoms with Gasteiger partial charge in [0.15, 0.2) is 0 Å². The van der Waals surface area contributed by atoms with Gasteiger partial charge in [0.2, 0.25) is 0 Å². The fourth-order valence-electron chi connectivity index (χ4n) is 2.06. The molecule has 0 aliphatic carbocycles. The maximum Gasteiger partial charge on any atom is 0.143 e. The summed E-state index contributed by atoms with van der Waals surface area (Å²) in [6.45, 7) is 4.07. The molecule has 0 atom stereocenters. The predicted molar refractivity (Wildman–Crippen MR) is 80.4 cm³/mol. The van der Waals surface area contributed by atoms with Crippen molar-refractivity contribution in [1.29, 1.82) is 0 Å². The van der Waals surface area contributed by atoms with Gasteiger partial charge in [0.25, 0.3) is 0 Å². The van der Waals surface area contributed by atoms with Crippen molar-refractivity contribution in [3.63, 3.8) is 0 Å². The van der Waals surface area contributed by atoms with Gasteiger partial charge in [0, 0.05) is 17.0 Å². The lowest BCUT2D eigenvalue weighted by molar-refractivity contribution is 1.19. The van der Waals surface area contributed by atoms with Crippen LogP contribution in [0.15, 0.2) is 24.3 Å². The summed E-state index contributed by atoms with van der Waals surface area (Å²) in [5, 5.41) is 0. The zero-order valence-electron chi connectivity index (χ0n) is 10.9. The molecule has 0 aromatic carbocycles. The van der Waals surface area contributed by atoms with Crippen molar-refractivity contribution >= 4 is 33.8 Å². The molecule has 2 rings (SSSR count). The molecule has 0 unspecified atom stereocenters. The monoisotopic (exact) mass is 220 g/mol. The highest BCUT2D eigenvalue weighted by Gasteiger charge is 2.04. The van der Waals surface area contributed by atoms with Gasteiger partial charge in [-0.3, -0.25) is 9.97 Å². The van der Waals surface area contributed by atoms with Gasteiger partial charge in [-0.15, -0.1) is 0 Å². The van der Waals surface area contributed by atoms with E-state index < -0.39 is 0 Å². The Kier molecular flexibility index (Phi) is 3.37. The van der Waals surface area contributed by atoms with Crippen LogP contribution in [0.1, 0.15) is 11.4 Å². The van der Waals surface area contributed by atoms with E-state index in [1.807, 2.05) is 13.8 Å². The molecular weight excluding hydrogens is 205 g/mol. The Labute approximate surface area is 105 Å². The van der Waals surface area contributed by atoms with E-state index in [4.69, 9.17) is 0 Å². The highest BCUT2D eigenvalue weighted by Crippen LogP contribution is 2.15. The zero-order valence-corrected chi connectivity index (χ0v) is 10.9. The van der Waals surface area contributed by atoms with E-state index in [-0.39, 0.29) is 0 Å². The van der Waals surface area contributed by atoms with E-state index >= 15 is 0 Å². The summed E-state index contributed by atoms with van der Waals surface area (Å²) in [6, 6.07) is 8.45. The molecular formula is C12H15B3N2. The molecule has 0 amide bonds. The Morgan fingerprint density at radius 1 is 1.00 bits per heavy atom. The van der Waals surface area contributed by atoms with E-state index in [1.54, 1.807) is 0 Å². The average molecular weight is 220 g/mol. The molecule has 0 aliphatic rings. The second-order valence-electron chi connectivity index (χ2n) is 4.51. The molecule has 0 fully saturated rings. The van der Waals surface area contributed by atoms with Gasteiger partial charge in [-0.05, 0) is 43.7 Å². The van der Waals surface area contributed by atoms with Crippen LogP contribution >= 0.6 is 0 Å². The molecule has 82 valence electrons. The molecule has 0 saturated heterocycles. The van der Waals surface area contributed by atoms with Crippen LogP contribution in [0.2, 0.25) is 0 Å². The van der Waals surface area contributed by atoms with Crippen molar-refractivity contribution in [2.75, 3.05) is 0 Å². The summed E-state index contributed by atoms with van der Waals surface area (Å²) in [6.07, 6.45) is 0. The number of aryl methyl sites for hydroxylation is 2. The third kappa shape index (κ3) is 2.79. The molecule has 0 spiro atoms. The fourth-order valence-corrected chi connectivity index (χ4v) is 2.06. The van der Waals surface area contributed by atoms with E-state index in [0.717, 1.165) is 29.8 Å². The first-order valence-electron chi connectivity index (χ1n) is 6.01. The molecule has 0 bridgehead atoms. The Hall–Kier alpha value is -1.51. The third-order valence-corrected chi connectivity index (χ3v) is 2.76. The van der Waals surface area contributed by atoms with Gasteiger partial charge >= 0.3 is 0 Å². The average Bonchev–Trinajstić information content (AvgIpc) is 2.26. The second-order valence-corrected chi connectivity index (χ2v) is 4.51. The van der Waals surface area contributed by atoms with Gasteiger partial charge < -0.3 is 0 Å². The zero-order chi connectivity index (χ0) is 12.4. The van der Waals surface area contributed by atoms with Crippen molar-refractivity contribution in [3.05, 3.63) is 35.7 Å². The van der Waals surface area contributed by atoms with E-state index in [1.165, 1.54) is 11.0 Å². The van der Waals surface area contributed by atoms with Crippen LogP contribution in [0.3, 0.4) is 0 Å². The summed E-state index contributed by atoms with van der Waals surface area (Å²) in [7, 11) is 5.19. The van der Waals surface area contributed by atoms with Crippen LogP contribution in [0.4, 0.5) is 0 Å². The van der Waals surface area contributed by atoms with Gasteiger partial charge in [-0.1, -0.05) is 5.46 Å². The van der Waals surface area contributed by atoms with Crippen molar-refractivity contribution in [2.24, 2.45) is 0 Å². The standard InChI is InChI=1S/C12H15B3N2/c1-7-3-9(5-12(15-14)17-7)11-6-10(13)4-8(2)16-11/h3-6,15H,13-14H2,1-2H3. The van der Waals surface area contributed by atoms with Crippen LogP contribution in [-0.4, -0.2) is 32.7 Å². The summed E-state index contributed by atoms with van der Waals surface area (Å²) < 4.78 is 0. The van der Waals surface area contributed by atoms with Crippen LogP contribution in [0.5, 0.6) is 0 Å². The minimum absolute atomic E-state index is 0.958. The van der Waals surface area contributed by atoms with Crippen LogP contribution in [0.25, 0.3) is 11.3 Å². The van der Waals surface area contributed by atoms with Gasteiger partial charge in [0.1, 0.15) is 15.0 Å². The smallest absolute Gasteiger partial charge is 0.143 e. The van der Waals surface area contributed by atoms with Crippen molar-refractivity contribution in [1.82, 2.24) is 9.97 Å². The molecule has 2 heterocycles. The van der Waals surface area contributed by atoms with Crippen molar-refractivity contribution < 1.29 is 0 Å². The normalized spacial score (nSPS) is 10.2. The first-order valence-corrected chi connectivity index (χ1v) is 6.01. The summed E-state index contributed by atoms with van der Waals surface area (Å²) >= 11 is 0. The topological polar surface area (TPSA) is 25.8 Å². The van der Waals surface area contributed by atoms with Gasteiger partial charge in [-0.25, -0.2) is 0 Å². The maximum absolute atomic E-state index is 4.59. The highest BCUT2D eigenvalue weighted by atomic mass is 14.7. The highest BCUT2D eigenvalue weighted by molar-refractivity contribution is 6.97. The summed E-state index contributed by atoms with van der Waals surface area (Å²) in [5.41, 5.74) is 6.71. The molecule has 0 radical (unpaired) electrons. The lowest BCUT2D eigenvalue weighted by Gasteiger charge is -2.07. The Morgan fingerprint density at radius 2 is 1.71 bits per heavy atom. The van der Waals surface area contributed by atoms with Crippen LogP contribution < -0.4 is 11.1 Å².